The number of nitrogens with one attached hydrogen (secondary N) is 6. The summed E-state index contributed by atoms with van der Waals surface area (Å²) in [6.45, 7) is 77.8. The third-order valence-electron chi connectivity index (χ3n) is 20.5. The molecule has 3 amide bonds. The van der Waals surface area contributed by atoms with E-state index in [1.165, 1.54) is 13.1 Å². The minimum absolute atomic E-state index is 0.00474. The van der Waals surface area contributed by atoms with Gasteiger partial charge in [0.1, 0.15) is 27.7 Å². The number of carbonyl (C=O) groups is 4. The van der Waals surface area contributed by atoms with E-state index in [1.54, 1.807) is 64.4 Å². The summed E-state index contributed by atoms with van der Waals surface area (Å²) < 4.78 is 145. The van der Waals surface area contributed by atoms with E-state index in [0.717, 1.165) is 69.9 Å². The molecule has 0 radical (unpaired) electrons. The van der Waals surface area contributed by atoms with Crippen molar-refractivity contribution >= 4 is 79.7 Å². The average Bonchev–Trinajstić information content (AvgIpc) is 1.74. The first-order valence-electron chi connectivity index (χ1n) is 49.2. The smallest absolute Gasteiger partial charge is 0.410 e. The Morgan fingerprint density at radius 2 is 0.901 bits per heavy atom. The third-order valence-corrected chi connectivity index (χ3v) is 28.0. The van der Waals surface area contributed by atoms with Crippen LogP contribution < -0.4 is 28.9 Å². The molecule has 41 heteroatoms. The summed E-state index contributed by atoms with van der Waals surface area (Å²) >= 11 is 0. The Hall–Kier alpha value is -5.22. The minimum Gasteiger partial charge on any atom is -0.444 e. The molecule has 0 aromatic carbocycles. The van der Waals surface area contributed by atoms with Gasteiger partial charge in [-0.15, -0.1) is 0 Å². The predicted octanol–water partition coefficient (Wildman–Crippen LogP) is 15.1. The van der Waals surface area contributed by atoms with Crippen LogP contribution in [0.25, 0.3) is 0 Å². The van der Waals surface area contributed by atoms with Gasteiger partial charge in [0, 0.05) is 117 Å². The van der Waals surface area contributed by atoms with E-state index < -0.39 is 97.3 Å². The second-order valence-corrected chi connectivity index (χ2v) is 60.0. The highest BCUT2D eigenvalue weighted by atomic mass is 32.2. The monoisotopic (exact) mass is 2110 g/mol. The Morgan fingerprint density at radius 1 is 0.511 bits per heavy atom. The maximum Gasteiger partial charge on any atom is 0.410 e. The van der Waals surface area contributed by atoms with E-state index in [-0.39, 0.29) is 151 Å². The SMILES string of the molecule is CC(C)(C)CC(O)CNS(=O)(=O)C1CC1.CC(C)(C)CCCC(=O)CC(C)(CO)CO.CC(C)(C)CCNC(=O)OC(C)(C)C.CC(C)(C)OC(=O)N1CCC(C(C)(C)C)CC1.CC1=NC(S(=O)(=O)NCC(O)CC(C)(C)C)=CC1.CCS(=O)(=O)NCC(O)CC(C)(C)C.CN(C)C(=O)CC(C)(C)C.Cc1nc(S(=O)(=O)NCC(O)CC(C)(C)C)cn1C.Cc1oncc1S(=O)(=O)NCC(O)CC(C)(C)C. The van der Waals surface area contributed by atoms with E-state index in [1.807, 2.05) is 150 Å². The van der Waals surface area contributed by atoms with Crippen molar-refractivity contribution in [3.8, 4) is 0 Å². The lowest BCUT2D eigenvalue weighted by Gasteiger charge is -2.39. The summed E-state index contributed by atoms with van der Waals surface area (Å²) in [7, 11) is -11.9. The number of allylic oxidation sites excluding steroid dienone is 1. The van der Waals surface area contributed by atoms with Gasteiger partial charge in [0.25, 0.3) is 20.0 Å². The van der Waals surface area contributed by atoms with E-state index in [2.05, 4.69) is 127 Å². The van der Waals surface area contributed by atoms with Gasteiger partial charge < -0.3 is 69.4 Å². The van der Waals surface area contributed by atoms with Crippen LogP contribution in [-0.4, -0.2) is 264 Å². The molecule has 0 spiro atoms. The highest BCUT2D eigenvalue weighted by Crippen LogP contribution is 2.36. The normalized spacial score (nSPS) is 15.7. The maximum atomic E-state index is 12.0. The van der Waals surface area contributed by atoms with E-state index in [9.17, 15) is 86.8 Å². The minimum atomic E-state index is -3.66. The summed E-state index contributed by atoms with van der Waals surface area (Å²) in [6, 6.07) is 0. The van der Waals surface area contributed by atoms with Crippen molar-refractivity contribution in [2.45, 2.75) is 423 Å². The number of ketones is 1. The Bertz CT molecular complexity index is 4590. The van der Waals surface area contributed by atoms with Crippen molar-refractivity contribution in [3.63, 3.8) is 0 Å². The first kappa shape index (κ1) is 142. The molecule has 834 valence electrons. The number of aromatic nitrogens is 3. The number of alkyl carbamates (subject to hydrolysis) is 1. The third kappa shape index (κ3) is 77.8. The van der Waals surface area contributed by atoms with Crippen LogP contribution in [0.1, 0.15) is 364 Å². The van der Waals surface area contributed by atoms with Crippen LogP contribution in [0.2, 0.25) is 0 Å². The van der Waals surface area contributed by atoms with E-state index >= 15 is 0 Å². The van der Waals surface area contributed by atoms with Gasteiger partial charge in [0.2, 0.25) is 36.0 Å². The molecule has 2 aromatic rings. The number of sulfonamides is 5. The van der Waals surface area contributed by atoms with Gasteiger partial charge in [-0.2, -0.15) is 0 Å². The predicted molar refractivity (Wildman–Crippen MR) is 566 cm³/mol. The van der Waals surface area contributed by atoms with Crippen molar-refractivity contribution in [1.82, 2.24) is 53.4 Å². The summed E-state index contributed by atoms with van der Waals surface area (Å²) in [4.78, 5) is 57.2. The molecule has 4 heterocycles. The lowest BCUT2D eigenvalue weighted by Crippen LogP contribution is -2.43. The first-order chi connectivity index (χ1) is 62.8. The summed E-state index contributed by atoms with van der Waals surface area (Å²) in [5.41, 5.74) is 0.180. The standard InChI is InChI=1S/C14H27NO2.C13H26O3.C12H23N3O3S.C12H22N2O3S.C11H20N2O4S.C11H23NO2.C10H21NO3S.C9H21NO3S.C8H17NO/c1-13(2,3)11-7-9-15(10-8-11)12(16)17-14(4,5)6;1-12(2,3)7-5-6-11(16)8-13(4,9-14)10-15;1-9-14-11(8-15(9)5)19(17,18)13-7-10(16)6-12(2,3)4;1-9-5-6-11(14-9)18(16,17)13-8-10(15)7-12(2,3)4;1-8-10(7-12-17-8)18(15,16)13-6-9(14)5-11(2,3)4;1-10(2,3)7-8-12-9(13)14-11(4,5)6;1-10(2,3)6-8(12)7-11-15(13,14)9-4-5-9;1-5-14(12,13)10-7-8(11)6-9(2,3)4;1-8(2,3)6-7(10)9(4)5/h11H,7-10H2,1-6H3;14-15H,5-10H2,1-4H3;8,10,13,16H,6-7H2,1-5H3;6,10,13,15H,5,7-8H2,1-4H3;7,9,13-14H,5-6H2,1-4H3;7-8H2,1-6H3,(H,12,13);8-9,11-12H,4-7H2,1-3H3;8,10-11H,5-7H2,1-4H3;6H2,1-5H3. The fourth-order valence-corrected chi connectivity index (χ4v) is 18.4. The van der Waals surface area contributed by atoms with Crippen LogP contribution in [0, 0.1) is 73.9 Å². The number of aliphatic hydroxyl groups is 7. The number of rotatable bonds is 35. The van der Waals surface area contributed by atoms with Crippen LogP contribution >= 0.6 is 0 Å². The molecule has 2 fully saturated rings. The van der Waals surface area contributed by atoms with Gasteiger partial charge in [-0.25, -0.2) is 85.3 Å². The van der Waals surface area contributed by atoms with Crippen molar-refractivity contribution in [2.75, 3.05) is 85.4 Å². The number of imidazole rings is 1. The maximum absolute atomic E-state index is 12.0. The molecule has 1 saturated carbocycles. The number of aliphatic imine (C=N–C) groups is 1. The van der Waals surface area contributed by atoms with Crippen molar-refractivity contribution < 1.29 is 111 Å². The van der Waals surface area contributed by atoms with Gasteiger partial charge >= 0.3 is 12.2 Å². The topological polar surface area (TPSA) is 534 Å². The molecule has 2 aromatic heterocycles. The molecular formula is C100H200N12O24S5. The zero-order valence-corrected chi connectivity index (χ0v) is 98.7. The van der Waals surface area contributed by atoms with Gasteiger partial charge in [-0.1, -0.05) is 199 Å². The van der Waals surface area contributed by atoms with Crippen LogP contribution in [-0.2, 0) is 76.2 Å². The lowest BCUT2D eigenvalue weighted by atomic mass is 9.75. The number of aryl methyl sites for hydroxylation is 3. The fraction of sp³-hybridized carbons (Fsp3) is 0.870. The second-order valence-electron chi connectivity index (χ2n) is 50.7. The van der Waals surface area contributed by atoms with Crippen molar-refractivity contribution in [1.29, 1.82) is 0 Å². The van der Waals surface area contributed by atoms with Crippen molar-refractivity contribution in [2.24, 2.45) is 72.1 Å². The number of amides is 3. The molecule has 141 heavy (non-hydrogen) atoms. The molecule has 1 aliphatic carbocycles. The number of hydrogen-bond donors (Lipinski definition) is 13. The summed E-state index contributed by atoms with van der Waals surface area (Å²) in [5, 5.41) is 72.6. The highest BCUT2D eigenvalue weighted by molar-refractivity contribution is 7.93. The van der Waals surface area contributed by atoms with Gasteiger partial charge in [-0.05, 0) is 207 Å². The fourth-order valence-electron chi connectivity index (χ4n) is 12.9. The van der Waals surface area contributed by atoms with Crippen LogP contribution in [0.3, 0.4) is 0 Å². The Labute approximate surface area is 854 Å². The molecule has 36 nitrogen and oxygen atoms in total. The second kappa shape index (κ2) is 61.0. The van der Waals surface area contributed by atoms with E-state index in [0.29, 0.717) is 75.1 Å². The quantitative estimate of drug-likeness (QED) is 0.0305. The Balaban J connectivity index is -0.000000752. The van der Waals surface area contributed by atoms with Crippen LogP contribution in [0.15, 0.2) is 42.9 Å². The number of ether oxygens (including phenoxy) is 2. The molecule has 0 bridgehead atoms. The Kier molecular flexibility index (Phi) is 61.5. The average molecular weight is 2120 g/mol. The zero-order valence-electron chi connectivity index (χ0n) is 94.7. The zero-order chi connectivity index (χ0) is 112. The molecule has 13 N–H and O–H groups in total. The highest BCUT2D eigenvalue weighted by Gasteiger charge is 2.37. The summed E-state index contributed by atoms with van der Waals surface area (Å²) in [6.07, 6.45) is 11.7. The van der Waals surface area contributed by atoms with Gasteiger partial charge in [-0.3, -0.25) is 9.59 Å². The van der Waals surface area contributed by atoms with Gasteiger partial charge in [0.05, 0.1) is 60.9 Å². The number of carbonyl (C=O) groups excluding carboxylic acids is 4. The molecule has 1 saturated heterocycles. The first-order valence-corrected chi connectivity index (χ1v) is 56.9. The Morgan fingerprint density at radius 3 is 1.21 bits per heavy atom. The van der Waals surface area contributed by atoms with Crippen LogP contribution in [0.5, 0.6) is 0 Å². The number of nitrogens with zero attached hydrogens (tertiary/aromatic N) is 6. The molecule has 5 unspecified atom stereocenters. The van der Waals surface area contributed by atoms with E-state index in [4.69, 9.17) is 24.2 Å². The number of likely N-dealkylation sites (tertiary alicyclic amines) is 1. The van der Waals surface area contributed by atoms with Crippen LogP contribution in [0.4, 0.5) is 9.59 Å². The largest absolute Gasteiger partial charge is 0.444 e. The molecular weight excluding hydrogens is 1910 g/mol. The van der Waals surface area contributed by atoms with Crippen molar-refractivity contribution in [3.05, 3.63) is 35.1 Å². The lowest BCUT2D eigenvalue weighted by molar-refractivity contribution is -0.130. The number of Topliss-reactive ketones (excluding diaryl/α,β-unsaturated/α-hetero) is 1. The molecule has 5 rings (SSSR count). The van der Waals surface area contributed by atoms with Gasteiger partial charge in [0.15, 0.2) is 15.8 Å². The molecule has 2 aliphatic heterocycles. The molecule has 3 aliphatic rings. The number of aliphatic hydroxyl groups excluding tert-OH is 7. The number of piperidine rings is 1. The summed E-state index contributed by atoms with van der Waals surface area (Å²) in [5.74, 6) is 1.95. The molecule has 5 atom stereocenters. The number of hydrogen-bond acceptors (Lipinski definition) is 27.